The number of aliphatic hydroxyl groups excluding tert-OH is 1. The SMILES string of the molecule is N#Cc1c(CO)ncc(I)c1C(F)F. The van der Waals surface area contributed by atoms with Crippen LogP contribution in [-0.4, -0.2) is 10.1 Å². The molecule has 0 aliphatic heterocycles. The van der Waals surface area contributed by atoms with Crippen molar-refractivity contribution in [3.8, 4) is 6.07 Å². The molecule has 6 heteroatoms. The van der Waals surface area contributed by atoms with Crippen molar-refractivity contribution < 1.29 is 13.9 Å². The Morgan fingerprint density at radius 1 is 1.64 bits per heavy atom. The van der Waals surface area contributed by atoms with E-state index < -0.39 is 13.0 Å². The van der Waals surface area contributed by atoms with Crippen LogP contribution in [0.2, 0.25) is 0 Å². The van der Waals surface area contributed by atoms with Crippen LogP contribution in [-0.2, 0) is 6.61 Å². The fraction of sp³-hybridized carbons (Fsp3) is 0.250. The molecule has 1 N–H and O–H groups in total. The molecular formula is C8H5F2IN2O. The normalized spacial score (nSPS) is 10.3. The van der Waals surface area contributed by atoms with Crippen LogP contribution in [0.4, 0.5) is 8.78 Å². The molecule has 0 atom stereocenters. The summed E-state index contributed by atoms with van der Waals surface area (Å²) in [5, 5.41) is 17.5. The van der Waals surface area contributed by atoms with Gasteiger partial charge in [-0.2, -0.15) is 5.26 Å². The summed E-state index contributed by atoms with van der Waals surface area (Å²) in [6.07, 6.45) is -1.51. The van der Waals surface area contributed by atoms with Gasteiger partial charge in [-0.05, 0) is 22.6 Å². The Hall–Kier alpha value is -0.810. The maximum atomic E-state index is 12.5. The fourth-order valence-electron chi connectivity index (χ4n) is 1.00. The van der Waals surface area contributed by atoms with Crippen LogP contribution in [0.25, 0.3) is 0 Å². The summed E-state index contributed by atoms with van der Waals surface area (Å²) < 4.78 is 25.3. The third-order valence-electron chi connectivity index (χ3n) is 1.63. The van der Waals surface area contributed by atoms with E-state index in [9.17, 15) is 8.78 Å². The minimum Gasteiger partial charge on any atom is -0.390 e. The van der Waals surface area contributed by atoms with Gasteiger partial charge in [-0.3, -0.25) is 4.98 Å². The van der Waals surface area contributed by atoms with E-state index in [0.717, 1.165) is 0 Å². The van der Waals surface area contributed by atoms with Crippen molar-refractivity contribution in [3.63, 3.8) is 0 Å². The molecule has 0 aliphatic rings. The van der Waals surface area contributed by atoms with E-state index in [2.05, 4.69) is 4.98 Å². The van der Waals surface area contributed by atoms with Gasteiger partial charge in [0, 0.05) is 9.77 Å². The number of nitrogens with zero attached hydrogens (tertiary/aromatic N) is 2. The first-order valence-corrected chi connectivity index (χ1v) is 4.66. The summed E-state index contributed by atoms with van der Waals surface area (Å²) in [5.41, 5.74) is -0.593. The summed E-state index contributed by atoms with van der Waals surface area (Å²) >= 11 is 1.68. The summed E-state index contributed by atoms with van der Waals surface area (Å²) in [5.74, 6) is 0. The molecular weight excluding hydrogens is 305 g/mol. The van der Waals surface area contributed by atoms with E-state index in [-0.39, 0.29) is 20.4 Å². The van der Waals surface area contributed by atoms with Crippen molar-refractivity contribution in [1.82, 2.24) is 4.98 Å². The van der Waals surface area contributed by atoms with Crippen molar-refractivity contribution in [3.05, 3.63) is 26.6 Å². The Kier molecular flexibility index (Phi) is 3.71. The average Bonchev–Trinajstić information content (AvgIpc) is 2.16. The number of aliphatic hydroxyl groups is 1. The van der Waals surface area contributed by atoms with Gasteiger partial charge < -0.3 is 5.11 Å². The van der Waals surface area contributed by atoms with Crippen LogP contribution >= 0.6 is 22.6 Å². The summed E-state index contributed by atoms with van der Waals surface area (Å²) in [4.78, 5) is 3.70. The number of aromatic nitrogens is 1. The Labute approximate surface area is 92.5 Å². The molecule has 0 fully saturated rings. The molecule has 0 saturated heterocycles. The molecule has 0 bridgehead atoms. The number of halogens is 3. The fourth-order valence-corrected chi connectivity index (χ4v) is 1.65. The van der Waals surface area contributed by atoms with Crippen molar-refractivity contribution in [1.29, 1.82) is 5.26 Å². The van der Waals surface area contributed by atoms with Gasteiger partial charge in [0.2, 0.25) is 0 Å². The molecule has 0 unspecified atom stereocenters. The van der Waals surface area contributed by atoms with E-state index in [1.54, 1.807) is 28.7 Å². The van der Waals surface area contributed by atoms with Gasteiger partial charge >= 0.3 is 0 Å². The van der Waals surface area contributed by atoms with E-state index in [1.807, 2.05) is 0 Å². The van der Waals surface area contributed by atoms with Crippen molar-refractivity contribution in [2.24, 2.45) is 0 Å². The zero-order chi connectivity index (χ0) is 10.7. The summed E-state index contributed by atoms with van der Waals surface area (Å²) in [7, 11) is 0. The Bertz CT molecular complexity index is 390. The lowest BCUT2D eigenvalue weighted by Crippen LogP contribution is -2.03. The van der Waals surface area contributed by atoms with E-state index in [1.165, 1.54) is 6.20 Å². The monoisotopic (exact) mass is 310 g/mol. The van der Waals surface area contributed by atoms with E-state index in [4.69, 9.17) is 10.4 Å². The Balaban J connectivity index is 3.45. The predicted molar refractivity (Wildman–Crippen MR) is 52.5 cm³/mol. The minimum atomic E-state index is -2.73. The van der Waals surface area contributed by atoms with Gasteiger partial charge in [0.15, 0.2) is 0 Å². The molecule has 0 radical (unpaired) electrons. The topological polar surface area (TPSA) is 56.9 Å². The van der Waals surface area contributed by atoms with Crippen LogP contribution in [0.3, 0.4) is 0 Å². The third-order valence-corrected chi connectivity index (χ3v) is 2.49. The smallest absolute Gasteiger partial charge is 0.266 e. The van der Waals surface area contributed by atoms with Crippen LogP contribution in [0.5, 0.6) is 0 Å². The molecule has 1 heterocycles. The maximum Gasteiger partial charge on any atom is 0.266 e. The molecule has 1 rings (SSSR count). The van der Waals surface area contributed by atoms with E-state index >= 15 is 0 Å². The van der Waals surface area contributed by atoms with E-state index in [0.29, 0.717) is 0 Å². The van der Waals surface area contributed by atoms with Crippen LogP contribution in [0, 0.1) is 14.9 Å². The highest BCUT2D eigenvalue weighted by molar-refractivity contribution is 14.1. The standard InChI is InChI=1S/C8H5F2IN2O/c9-8(10)7-4(1-12)6(3-14)13-2-5(7)11/h2,8,14H,3H2. The number of rotatable bonds is 2. The predicted octanol–water partition coefficient (Wildman–Crippen LogP) is 1.99. The average molecular weight is 310 g/mol. The van der Waals surface area contributed by atoms with Gasteiger partial charge in [-0.25, -0.2) is 8.78 Å². The Morgan fingerprint density at radius 2 is 2.29 bits per heavy atom. The van der Waals surface area contributed by atoms with Crippen LogP contribution in [0.15, 0.2) is 6.20 Å². The molecule has 0 spiro atoms. The van der Waals surface area contributed by atoms with Gasteiger partial charge in [-0.1, -0.05) is 0 Å². The second-order valence-electron chi connectivity index (χ2n) is 2.41. The molecule has 0 saturated carbocycles. The zero-order valence-corrected chi connectivity index (χ0v) is 8.99. The van der Waals surface area contributed by atoms with Crippen LogP contribution < -0.4 is 0 Å². The quantitative estimate of drug-likeness (QED) is 0.850. The number of pyridine rings is 1. The van der Waals surface area contributed by atoms with Crippen molar-refractivity contribution in [2.75, 3.05) is 0 Å². The summed E-state index contributed by atoms with van der Waals surface area (Å²) in [6, 6.07) is 1.63. The van der Waals surface area contributed by atoms with Gasteiger partial charge in [0.25, 0.3) is 6.43 Å². The zero-order valence-electron chi connectivity index (χ0n) is 6.84. The first kappa shape index (κ1) is 11.3. The maximum absolute atomic E-state index is 12.5. The molecule has 3 nitrogen and oxygen atoms in total. The minimum absolute atomic E-state index is 0.0109. The lowest BCUT2D eigenvalue weighted by atomic mass is 10.1. The molecule has 14 heavy (non-hydrogen) atoms. The van der Waals surface area contributed by atoms with Crippen molar-refractivity contribution in [2.45, 2.75) is 13.0 Å². The largest absolute Gasteiger partial charge is 0.390 e. The first-order chi connectivity index (χ1) is 6.61. The number of alkyl halides is 2. The molecule has 0 aliphatic carbocycles. The summed E-state index contributed by atoms with van der Waals surface area (Å²) in [6.45, 7) is -0.514. The molecule has 1 aromatic heterocycles. The second-order valence-corrected chi connectivity index (χ2v) is 3.57. The van der Waals surface area contributed by atoms with Gasteiger partial charge in [-0.15, -0.1) is 0 Å². The van der Waals surface area contributed by atoms with Crippen molar-refractivity contribution >= 4 is 22.6 Å². The van der Waals surface area contributed by atoms with Gasteiger partial charge in [0.1, 0.15) is 6.07 Å². The number of hydrogen-bond donors (Lipinski definition) is 1. The number of nitriles is 1. The number of hydrogen-bond acceptors (Lipinski definition) is 3. The first-order valence-electron chi connectivity index (χ1n) is 3.58. The molecule has 1 aromatic rings. The van der Waals surface area contributed by atoms with Crippen LogP contribution in [0.1, 0.15) is 23.2 Å². The highest BCUT2D eigenvalue weighted by Crippen LogP contribution is 2.28. The highest BCUT2D eigenvalue weighted by Gasteiger charge is 2.20. The third kappa shape index (κ3) is 1.99. The molecule has 0 amide bonds. The second kappa shape index (κ2) is 4.61. The molecule has 0 aromatic carbocycles. The van der Waals surface area contributed by atoms with Gasteiger partial charge in [0.05, 0.1) is 23.4 Å². The highest BCUT2D eigenvalue weighted by atomic mass is 127. The lowest BCUT2D eigenvalue weighted by Gasteiger charge is -2.07. The lowest BCUT2D eigenvalue weighted by molar-refractivity contribution is 0.149. The Morgan fingerprint density at radius 3 is 2.71 bits per heavy atom. The molecule has 74 valence electrons.